The van der Waals surface area contributed by atoms with Gasteiger partial charge in [-0.3, -0.25) is 19.7 Å². The lowest BCUT2D eigenvalue weighted by Crippen LogP contribution is -2.48. The molecular formula is C28H21F4N7O2. The molecule has 0 saturated heterocycles. The van der Waals surface area contributed by atoms with Crippen LogP contribution in [0.15, 0.2) is 67.1 Å². The molecule has 9 nitrogen and oxygen atoms in total. The molecule has 1 aliphatic rings. The molecule has 0 aliphatic carbocycles. The van der Waals surface area contributed by atoms with E-state index in [1.807, 2.05) is 0 Å². The van der Waals surface area contributed by atoms with Gasteiger partial charge in [0.15, 0.2) is 0 Å². The molecule has 0 fully saturated rings. The van der Waals surface area contributed by atoms with Crippen LogP contribution < -0.4 is 10.2 Å². The van der Waals surface area contributed by atoms with E-state index in [4.69, 9.17) is 0 Å². The number of anilines is 1. The standard InChI is InChI=1S/C28H21F4N7O2/c1-38-21-7-4-8-22-24(21)16(14-39(22)20-9-10-33-13-17(20)28(30,31)32)11-19(27(38)41)34-26(40)25-35-23(36-37-25)12-15-5-2-3-6-18(15)29/h2-10,13-14,19H,11-12H2,1H3,(H,34,40)(H,35,36,37)/t19-/m0/s1. The van der Waals surface area contributed by atoms with Crippen LogP contribution in [-0.2, 0) is 23.8 Å². The van der Waals surface area contributed by atoms with Crippen molar-refractivity contribution in [2.24, 2.45) is 0 Å². The average Bonchev–Trinajstić information content (AvgIpc) is 3.55. The number of aromatic nitrogens is 5. The van der Waals surface area contributed by atoms with E-state index in [1.54, 1.807) is 42.6 Å². The topological polar surface area (TPSA) is 109 Å². The van der Waals surface area contributed by atoms with E-state index in [1.165, 1.54) is 34.8 Å². The highest BCUT2D eigenvalue weighted by Crippen LogP contribution is 2.39. The summed E-state index contributed by atoms with van der Waals surface area (Å²) in [6, 6.07) is 11.4. The van der Waals surface area contributed by atoms with Gasteiger partial charge >= 0.3 is 6.18 Å². The number of nitrogens with zero attached hydrogens (tertiary/aromatic N) is 5. The maximum absolute atomic E-state index is 14.0. The van der Waals surface area contributed by atoms with Crippen molar-refractivity contribution in [2.75, 3.05) is 11.9 Å². The second kappa shape index (κ2) is 9.84. The van der Waals surface area contributed by atoms with Crippen LogP contribution >= 0.6 is 0 Å². The van der Waals surface area contributed by atoms with Gasteiger partial charge < -0.3 is 14.8 Å². The summed E-state index contributed by atoms with van der Waals surface area (Å²) in [5, 5.41) is 9.78. The number of carbonyl (C=O) groups is 2. The van der Waals surface area contributed by atoms with Crippen LogP contribution in [0.25, 0.3) is 16.6 Å². The number of H-pyrrole nitrogens is 1. The van der Waals surface area contributed by atoms with Gasteiger partial charge in [-0.05, 0) is 35.4 Å². The molecule has 0 spiro atoms. The van der Waals surface area contributed by atoms with E-state index in [2.05, 4.69) is 25.5 Å². The lowest BCUT2D eigenvalue weighted by molar-refractivity contribution is -0.137. The van der Waals surface area contributed by atoms with Gasteiger partial charge in [0.05, 0.1) is 22.5 Å². The number of rotatable bonds is 5. The fraction of sp³-hybridized carbons (Fsp3) is 0.179. The van der Waals surface area contributed by atoms with Crippen LogP contribution in [0.4, 0.5) is 23.2 Å². The normalized spacial score (nSPS) is 15.3. The monoisotopic (exact) mass is 563 g/mol. The molecule has 0 bridgehead atoms. The minimum Gasteiger partial charge on any atom is -0.337 e. The van der Waals surface area contributed by atoms with Crippen LogP contribution in [-0.4, -0.2) is 49.6 Å². The Kier molecular flexibility index (Phi) is 6.28. The molecule has 2 N–H and O–H groups in total. The molecule has 0 saturated carbocycles. The number of halogens is 4. The molecule has 0 unspecified atom stereocenters. The third-order valence-corrected chi connectivity index (χ3v) is 7.02. The summed E-state index contributed by atoms with van der Waals surface area (Å²) in [5.74, 6) is -1.55. The van der Waals surface area contributed by atoms with Crippen molar-refractivity contribution in [2.45, 2.75) is 25.1 Å². The Hall–Kier alpha value is -5.07. The molecule has 6 rings (SSSR count). The lowest BCUT2D eigenvalue weighted by atomic mass is 10.1. The molecule has 4 heterocycles. The van der Waals surface area contributed by atoms with E-state index in [0.29, 0.717) is 27.7 Å². The number of hydrogen-bond donors (Lipinski definition) is 2. The van der Waals surface area contributed by atoms with Gasteiger partial charge in [-0.2, -0.15) is 13.2 Å². The quantitative estimate of drug-likeness (QED) is 0.312. The Morgan fingerprint density at radius 2 is 1.93 bits per heavy atom. The minimum absolute atomic E-state index is 0.00830. The zero-order chi connectivity index (χ0) is 28.9. The van der Waals surface area contributed by atoms with Crippen LogP contribution in [0.3, 0.4) is 0 Å². The van der Waals surface area contributed by atoms with Crippen molar-refractivity contribution in [1.82, 2.24) is 30.0 Å². The number of likely N-dealkylation sites (N-methyl/N-ethyl adjacent to an activating group) is 1. The first-order valence-corrected chi connectivity index (χ1v) is 12.5. The number of pyridine rings is 1. The van der Waals surface area contributed by atoms with Gasteiger partial charge in [-0.1, -0.05) is 24.3 Å². The van der Waals surface area contributed by atoms with E-state index >= 15 is 0 Å². The Labute approximate surface area is 229 Å². The fourth-order valence-electron chi connectivity index (χ4n) is 5.09. The van der Waals surface area contributed by atoms with Crippen molar-refractivity contribution in [3.8, 4) is 5.69 Å². The Balaban J connectivity index is 1.32. The van der Waals surface area contributed by atoms with Gasteiger partial charge in [-0.15, -0.1) is 5.10 Å². The zero-order valence-electron chi connectivity index (χ0n) is 21.4. The first kappa shape index (κ1) is 26.2. The second-order valence-electron chi connectivity index (χ2n) is 9.59. The number of nitrogens with one attached hydrogen (secondary N) is 2. The van der Waals surface area contributed by atoms with E-state index in [0.717, 1.165) is 6.20 Å². The molecule has 0 radical (unpaired) electrons. The van der Waals surface area contributed by atoms with Crippen molar-refractivity contribution in [1.29, 1.82) is 0 Å². The van der Waals surface area contributed by atoms with Crippen molar-refractivity contribution >= 4 is 28.4 Å². The van der Waals surface area contributed by atoms with Gasteiger partial charge in [-0.25, -0.2) is 9.37 Å². The van der Waals surface area contributed by atoms with Crippen molar-refractivity contribution < 1.29 is 27.2 Å². The summed E-state index contributed by atoms with van der Waals surface area (Å²) < 4.78 is 56.9. The van der Waals surface area contributed by atoms with Crippen LogP contribution in [0.5, 0.6) is 0 Å². The van der Waals surface area contributed by atoms with E-state index in [9.17, 15) is 27.2 Å². The van der Waals surface area contributed by atoms with Gasteiger partial charge in [0.2, 0.25) is 11.7 Å². The largest absolute Gasteiger partial charge is 0.419 e. The van der Waals surface area contributed by atoms with Crippen molar-refractivity contribution in [3.05, 3.63) is 101 Å². The molecule has 2 aromatic carbocycles. The maximum atomic E-state index is 14.0. The number of benzene rings is 2. The number of amides is 2. The van der Waals surface area contributed by atoms with Crippen LogP contribution in [0.1, 0.15) is 33.1 Å². The zero-order valence-corrected chi connectivity index (χ0v) is 21.4. The summed E-state index contributed by atoms with van der Waals surface area (Å²) >= 11 is 0. The molecule has 5 aromatic rings. The molecule has 41 heavy (non-hydrogen) atoms. The number of carbonyl (C=O) groups excluding carboxylic acids is 2. The molecule has 3 aromatic heterocycles. The lowest BCUT2D eigenvalue weighted by Gasteiger charge is -2.22. The third kappa shape index (κ3) is 4.68. The van der Waals surface area contributed by atoms with Crippen molar-refractivity contribution in [3.63, 3.8) is 0 Å². The highest BCUT2D eigenvalue weighted by molar-refractivity contribution is 6.09. The molecule has 1 aliphatic heterocycles. The second-order valence-corrected chi connectivity index (χ2v) is 9.59. The van der Waals surface area contributed by atoms with E-state index in [-0.39, 0.29) is 30.2 Å². The predicted octanol–water partition coefficient (Wildman–Crippen LogP) is 4.21. The third-order valence-electron chi connectivity index (χ3n) is 7.02. The summed E-state index contributed by atoms with van der Waals surface area (Å²) in [4.78, 5) is 35.6. The Bertz CT molecular complexity index is 1810. The molecule has 1 atom stereocenters. The van der Waals surface area contributed by atoms with Gasteiger partial charge in [0.1, 0.15) is 17.7 Å². The fourth-order valence-corrected chi connectivity index (χ4v) is 5.09. The number of hydrogen-bond acceptors (Lipinski definition) is 5. The summed E-state index contributed by atoms with van der Waals surface area (Å²) in [5.41, 5.74) is 0.873. The maximum Gasteiger partial charge on any atom is 0.419 e. The SMILES string of the molecule is CN1C(=O)[C@@H](NC(=O)c2n[nH]c(Cc3ccccc3F)n2)Cc2cn(-c3ccncc3C(F)(F)F)c3cccc1c23. The Morgan fingerprint density at radius 1 is 1.12 bits per heavy atom. The summed E-state index contributed by atoms with van der Waals surface area (Å²) in [6.45, 7) is 0. The number of alkyl halides is 3. The molecule has 2 amide bonds. The summed E-state index contributed by atoms with van der Waals surface area (Å²) in [6.07, 6.45) is -0.958. The molecular weight excluding hydrogens is 542 g/mol. The predicted molar refractivity (Wildman–Crippen MR) is 140 cm³/mol. The van der Waals surface area contributed by atoms with Crippen LogP contribution in [0, 0.1) is 5.82 Å². The summed E-state index contributed by atoms with van der Waals surface area (Å²) in [7, 11) is 1.54. The van der Waals surface area contributed by atoms with E-state index < -0.39 is 35.4 Å². The highest BCUT2D eigenvalue weighted by atomic mass is 19.4. The molecule has 208 valence electrons. The van der Waals surface area contributed by atoms with Gasteiger partial charge in [0.25, 0.3) is 5.91 Å². The Morgan fingerprint density at radius 3 is 2.71 bits per heavy atom. The number of aromatic amines is 1. The first-order chi connectivity index (χ1) is 19.6. The smallest absolute Gasteiger partial charge is 0.337 e. The average molecular weight is 564 g/mol. The van der Waals surface area contributed by atoms with Gasteiger partial charge in [0, 0.05) is 43.9 Å². The molecule has 13 heteroatoms. The first-order valence-electron chi connectivity index (χ1n) is 12.5. The van der Waals surface area contributed by atoms with Crippen LogP contribution in [0.2, 0.25) is 0 Å². The minimum atomic E-state index is -4.64. The highest BCUT2D eigenvalue weighted by Gasteiger charge is 2.36.